The largest absolute Gasteiger partial charge is 0.472 e. The van der Waals surface area contributed by atoms with Crippen LogP contribution in [0, 0.1) is 0 Å². The summed E-state index contributed by atoms with van der Waals surface area (Å²) in [5, 5.41) is 9.83. The molecule has 4 N–H and O–H groups in total. The highest BCUT2D eigenvalue weighted by Gasteiger charge is 2.25. The van der Waals surface area contributed by atoms with Crippen molar-refractivity contribution >= 4 is 19.8 Å². The molecule has 56 heavy (non-hydrogen) atoms. The van der Waals surface area contributed by atoms with Gasteiger partial charge in [0.05, 0.1) is 19.3 Å². The van der Waals surface area contributed by atoms with E-state index in [1.165, 1.54) is 0 Å². The lowest BCUT2D eigenvalue weighted by atomic mass is 10.1. The van der Waals surface area contributed by atoms with Crippen LogP contribution in [0.3, 0.4) is 0 Å². The molecule has 3 atom stereocenters. The number of unbranched alkanes of at least 4 members (excludes halogenated alkanes) is 5. The summed E-state index contributed by atoms with van der Waals surface area (Å²) in [5.41, 5.74) is 5.33. The van der Waals surface area contributed by atoms with Crippen molar-refractivity contribution in [3.63, 3.8) is 0 Å². The molecule has 0 saturated carbocycles. The van der Waals surface area contributed by atoms with Crippen LogP contribution in [0.25, 0.3) is 0 Å². The molecular weight excluding hydrogens is 729 g/mol. The van der Waals surface area contributed by atoms with Crippen molar-refractivity contribution in [1.82, 2.24) is 0 Å². The number of ether oxygens (including phenoxy) is 2. The third-order valence-corrected chi connectivity index (χ3v) is 8.73. The van der Waals surface area contributed by atoms with Gasteiger partial charge in [0.1, 0.15) is 6.61 Å². The summed E-state index contributed by atoms with van der Waals surface area (Å²) in [5.74, 6) is -0.982. The van der Waals surface area contributed by atoms with Crippen LogP contribution in [0.1, 0.15) is 123 Å². The van der Waals surface area contributed by atoms with Gasteiger partial charge in [-0.15, -0.1) is 0 Å². The molecule has 11 heteroatoms. The van der Waals surface area contributed by atoms with Gasteiger partial charge in [0.2, 0.25) is 0 Å². The molecule has 0 aliphatic rings. The molecule has 0 aromatic heterocycles. The Hall–Kier alpha value is -3.37. The van der Waals surface area contributed by atoms with Crippen LogP contribution in [-0.4, -0.2) is 60.5 Å². The van der Waals surface area contributed by atoms with Gasteiger partial charge in [-0.1, -0.05) is 142 Å². The van der Waals surface area contributed by atoms with Gasteiger partial charge in [0.25, 0.3) is 0 Å². The van der Waals surface area contributed by atoms with E-state index in [-0.39, 0.29) is 32.6 Å². The van der Waals surface area contributed by atoms with Crippen molar-refractivity contribution in [2.45, 2.75) is 135 Å². The van der Waals surface area contributed by atoms with Crippen LogP contribution in [0.2, 0.25) is 0 Å². The Morgan fingerprint density at radius 1 is 0.625 bits per heavy atom. The van der Waals surface area contributed by atoms with Gasteiger partial charge < -0.3 is 25.2 Å². The Morgan fingerprint density at radius 2 is 1.18 bits per heavy atom. The van der Waals surface area contributed by atoms with Crippen molar-refractivity contribution in [1.29, 1.82) is 0 Å². The third-order valence-electron chi connectivity index (χ3n) is 7.75. The Kier molecular flexibility index (Phi) is 37.5. The molecule has 0 aliphatic carbocycles. The van der Waals surface area contributed by atoms with Crippen molar-refractivity contribution in [2.75, 3.05) is 26.4 Å². The lowest BCUT2D eigenvalue weighted by Crippen LogP contribution is -2.29. The molecular formula is C45H72NO9P. The SMILES string of the molecule is CC/C=C\C/C=C\C/C=C\CCCCCCCC(=O)OC[C@H](COP(=O)(O)OCCN)OC(=O)CC/C=C\C/C=C\C/C=C\C/C=C/C=C/C(O)C/C=C\CC. The van der Waals surface area contributed by atoms with E-state index in [9.17, 15) is 24.2 Å². The Balaban J connectivity index is 4.41. The fraction of sp³-hybridized carbons (Fsp3) is 0.556. The van der Waals surface area contributed by atoms with E-state index in [2.05, 4.69) is 68.5 Å². The summed E-state index contributed by atoms with van der Waals surface area (Å²) in [6.45, 7) is 3.25. The topological polar surface area (TPSA) is 155 Å². The normalized spacial score (nSPS) is 15.0. The second-order valence-corrected chi connectivity index (χ2v) is 14.4. The van der Waals surface area contributed by atoms with E-state index in [0.717, 1.165) is 77.0 Å². The highest BCUT2D eigenvalue weighted by atomic mass is 31.2. The molecule has 10 nitrogen and oxygen atoms in total. The van der Waals surface area contributed by atoms with Crippen LogP contribution < -0.4 is 5.73 Å². The number of aliphatic hydroxyl groups is 1. The first kappa shape index (κ1) is 52.6. The summed E-state index contributed by atoms with van der Waals surface area (Å²) in [6, 6.07) is 0. The molecule has 0 heterocycles. The third kappa shape index (κ3) is 38.9. The molecule has 0 aromatic rings. The second-order valence-electron chi connectivity index (χ2n) is 12.9. The van der Waals surface area contributed by atoms with Gasteiger partial charge in [-0.3, -0.25) is 18.6 Å². The highest BCUT2D eigenvalue weighted by molar-refractivity contribution is 7.47. The molecule has 316 valence electrons. The summed E-state index contributed by atoms with van der Waals surface area (Å²) in [4.78, 5) is 34.8. The van der Waals surface area contributed by atoms with Crippen LogP contribution in [0.15, 0.2) is 109 Å². The first-order chi connectivity index (χ1) is 27.2. The molecule has 0 bridgehead atoms. The highest BCUT2D eigenvalue weighted by Crippen LogP contribution is 2.43. The maximum Gasteiger partial charge on any atom is 0.472 e. The smallest absolute Gasteiger partial charge is 0.462 e. The van der Waals surface area contributed by atoms with Crippen molar-refractivity contribution < 1.29 is 42.7 Å². The maximum absolute atomic E-state index is 12.5. The van der Waals surface area contributed by atoms with Crippen molar-refractivity contribution in [3.8, 4) is 0 Å². The molecule has 0 aliphatic heterocycles. The zero-order chi connectivity index (χ0) is 41.2. The molecule has 0 spiro atoms. The van der Waals surface area contributed by atoms with E-state index in [1.54, 1.807) is 6.08 Å². The Bertz CT molecular complexity index is 1300. The molecule has 0 radical (unpaired) electrons. The fourth-order valence-corrected chi connectivity index (χ4v) is 5.52. The number of hydrogen-bond donors (Lipinski definition) is 3. The van der Waals surface area contributed by atoms with Crippen molar-refractivity contribution in [2.24, 2.45) is 5.73 Å². The first-order valence-electron chi connectivity index (χ1n) is 20.5. The maximum atomic E-state index is 12.5. The van der Waals surface area contributed by atoms with Gasteiger partial charge in [-0.05, 0) is 77.0 Å². The average Bonchev–Trinajstić information content (AvgIpc) is 3.18. The number of aliphatic hydroxyl groups excluding tert-OH is 1. The second kappa shape index (κ2) is 39.8. The van der Waals surface area contributed by atoms with E-state index >= 15 is 0 Å². The summed E-state index contributed by atoms with van der Waals surface area (Å²) >= 11 is 0. The minimum atomic E-state index is -4.42. The zero-order valence-corrected chi connectivity index (χ0v) is 35.1. The number of rotatable bonds is 36. The van der Waals surface area contributed by atoms with Crippen LogP contribution >= 0.6 is 7.82 Å². The lowest BCUT2D eigenvalue weighted by Gasteiger charge is -2.19. The predicted octanol–water partition coefficient (Wildman–Crippen LogP) is 10.6. The number of allylic oxidation sites excluding steroid dienone is 16. The van der Waals surface area contributed by atoms with Gasteiger partial charge >= 0.3 is 19.8 Å². The Labute approximate surface area is 338 Å². The number of esters is 2. The van der Waals surface area contributed by atoms with Gasteiger partial charge in [-0.25, -0.2) is 4.57 Å². The number of phosphoric acid groups is 1. The number of phosphoric ester groups is 1. The summed E-state index contributed by atoms with van der Waals surface area (Å²) < 4.78 is 32.6. The molecule has 0 aromatic carbocycles. The molecule has 0 fully saturated rings. The van der Waals surface area contributed by atoms with E-state index in [1.807, 2.05) is 48.6 Å². The number of carbonyl (C=O) groups is 2. The zero-order valence-electron chi connectivity index (χ0n) is 34.2. The van der Waals surface area contributed by atoms with Crippen LogP contribution in [0.5, 0.6) is 0 Å². The number of carbonyl (C=O) groups excluding carboxylic acids is 2. The molecule has 2 unspecified atom stereocenters. The molecule has 0 rings (SSSR count). The number of nitrogens with two attached hydrogens (primary N) is 1. The minimum absolute atomic E-state index is 0.0262. The van der Waals surface area contributed by atoms with Crippen molar-refractivity contribution in [3.05, 3.63) is 109 Å². The monoisotopic (exact) mass is 801 g/mol. The molecule has 0 saturated heterocycles. The minimum Gasteiger partial charge on any atom is -0.462 e. The Morgan fingerprint density at radius 3 is 1.82 bits per heavy atom. The van der Waals surface area contributed by atoms with Crippen LogP contribution in [-0.2, 0) is 32.7 Å². The fourth-order valence-electron chi connectivity index (χ4n) is 4.76. The van der Waals surface area contributed by atoms with Gasteiger partial charge in [0, 0.05) is 19.4 Å². The van der Waals surface area contributed by atoms with E-state index in [0.29, 0.717) is 19.3 Å². The van der Waals surface area contributed by atoms with Gasteiger partial charge in [-0.2, -0.15) is 0 Å². The summed E-state index contributed by atoms with van der Waals surface area (Å²) in [7, 11) is -4.42. The quantitative estimate of drug-likeness (QED) is 0.0183. The lowest BCUT2D eigenvalue weighted by molar-refractivity contribution is -0.161. The van der Waals surface area contributed by atoms with Crippen LogP contribution in [0.4, 0.5) is 0 Å². The first-order valence-corrected chi connectivity index (χ1v) is 22.0. The standard InChI is InChI=1S/C45H72NO9P/c1-3-5-7-8-9-10-11-12-13-16-19-22-25-28-32-36-44(48)52-40-43(41-54-56(50,51)53-39-38-46)55-45(49)37-33-29-26-23-20-17-14-15-18-21-24-27-31-35-42(47)34-30-6-4-2/h5-7,9-10,12-13,15,17-18,20,24,26-27,29-31,35,42-43,47H,3-4,8,11,14,16,19,21-23,25,28,32-34,36-41,46H2,1-2H3,(H,50,51)/b7-5-,10-9-,13-12-,18-15-,20-17-,27-24+,29-26-,30-6-,35-31+/t42?,43-/m1/s1. The predicted molar refractivity (Wildman–Crippen MR) is 230 cm³/mol. The van der Waals surface area contributed by atoms with E-state index < -0.39 is 38.6 Å². The van der Waals surface area contributed by atoms with Gasteiger partial charge in [0.15, 0.2) is 6.10 Å². The summed E-state index contributed by atoms with van der Waals surface area (Å²) in [6.07, 6.45) is 48.9. The average molecular weight is 802 g/mol. The van der Waals surface area contributed by atoms with E-state index in [4.69, 9.17) is 24.3 Å². The number of hydrogen-bond acceptors (Lipinski definition) is 9. The molecule has 0 amide bonds.